The van der Waals surface area contributed by atoms with Crippen molar-refractivity contribution >= 4 is 55.6 Å². The van der Waals surface area contributed by atoms with Gasteiger partial charge in [0.15, 0.2) is 5.82 Å². The van der Waals surface area contributed by atoms with Crippen LogP contribution in [0.15, 0.2) is 30.6 Å². The molecule has 2 atom stereocenters. The van der Waals surface area contributed by atoms with Gasteiger partial charge in [0.1, 0.15) is 35.7 Å². The largest absolute Gasteiger partial charge is 0.388 e. The maximum atomic E-state index is 11.4. The fraction of sp³-hybridized carbons (Fsp3) is 0.618. The lowest BCUT2D eigenvalue weighted by Crippen LogP contribution is -2.62. The van der Waals surface area contributed by atoms with Gasteiger partial charge in [-0.05, 0) is 43.1 Å². The topological polar surface area (TPSA) is 102 Å². The van der Waals surface area contributed by atoms with Gasteiger partial charge < -0.3 is 29.4 Å². The third kappa shape index (κ3) is 8.29. The van der Waals surface area contributed by atoms with Crippen molar-refractivity contribution in [3.05, 3.63) is 35.7 Å². The van der Waals surface area contributed by atoms with E-state index in [4.69, 9.17) is 36.0 Å². The predicted molar refractivity (Wildman–Crippen MR) is 199 cm³/mol. The molecule has 1 aliphatic rings. The fourth-order valence-electron chi connectivity index (χ4n) is 5.79. The molecule has 5 heterocycles. The van der Waals surface area contributed by atoms with E-state index in [0.29, 0.717) is 44.2 Å². The van der Waals surface area contributed by atoms with Crippen LogP contribution in [0.3, 0.4) is 0 Å². The second-order valence-electron chi connectivity index (χ2n) is 15.9. The Morgan fingerprint density at radius 2 is 1.68 bits per heavy atom. The van der Waals surface area contributed by atoms with Crippen molar-refractivity contribution in [2.45, 2.75) is 97.2 Å². The van der Waals surface area contributed by atoms with Gasteiger partial charge in [-0.2, -0.15) is 0 Å². The summed E-state index contributed by atoms with van der Waals surface area (Å²) in [5, 5.41) is 17.3. The minimum atomic E-state index is -1.24. The monoisotopic (exact) mass is 699 g/mol. The Morgan fingerprint density at radius 3 is 2.34 bits per heavy atom. The van der Waals surface area contributed by atoms with Crippen LogP contribution >= 0.6 is 11.6 Å². The molecule has 0 spiro atoms. The highest BCUT2D eigenvalue weighted by molar-refractivity contribution is 6.76. The van der Waals surface area contributed by atoms with Gasteiger partial charge >= 0.3 is 0 Å². The average molecular weight is 700 g/mol. The predicted octanol–water partition coefficient (Wildman–Crippen LogP) is 6.91. The number of hydrogen-bond acceptors (Lipinski definition) is 8. The molecule has 4 aromatic heterocycles. The molecule has 0 unspecified atom stereocenters. The van der Waals surface area contributed by atoms with Crippen LogP contribution in [0.2, 0.25) is 56.5 Å². The second-order valence-corrected chi connectivity index (χ2v) is 27.5. The van der Waals surface area contributed by atoms with Gasteiger partial charge in [-0.15, -0.1) is 0 Å². The quantitative estimate of drug-likeness (QED) is 0.108. The summed E-state index contributed by atoms with van der Waals surface area (Å²) in [7, 11) is -2.47. The van der Waals surface area contributed by atoms with Crippen LogP contribution in [0.25, 0.3) is 33.5 Å². The molecule has 47 heavy (non-hydrogen) atoms. The van der Waals surface area contributed by atoms with Gasteiger partial charge in [-0.3, -0.25) is 4.57 Å². The summed E-state index contributed by atoms with van der Waals surface area (Å²) in [6, 6.07) is 8.06. The highest BCUT2D eigenvalue weighted by Crippen LogP contribution is 2.39. The van der Waals surface area contributed by atoms with Crippen LogP contribution in [-0.2, 0) is 22.9 Å². The number of piperazine rings is 1. The molecule has 1 aliphatic heterocycles. The van der Waals surface area contributed by atoms with Gasteiger partial charge in [0.05, 0.1) is 22.6 Å². The van der Waals surface area contributed by atoms with Gasteiger partial charge in [0, 0.05) is 66.8 Å². The fourth-order valence-corrected chi connectivity index (χ4v) is 7.62. The van der Waals surface area contributed by atoms with Crippen molar-refractivity contribution in [1.29, 1.82) is 0 Å². The molecule has 2 N–H and O–H groups in total. The van der Waals surface area contributed by atoms with Crippen molar-refractivity contribution < 1.29 is 14.6 Å². The van der Waals surface area contributed by atoms with E-state index in [1.165, 1.54) is 0 Å². The van der Waals surface area contributed by atoms with Crippen molar-refractivity contribution in [1.82, 2.24) is 29.4 Å². The number of rotatable bonds is 14. The van der Waals surface area contributed by atoms with Crippen molar-refractivity contribution in [2.75, 3.05) is 37.7 Å². The maximum absolute atomic E-state index is 11.4. The Bertz CT molecular complexity index is 1680. The molecule has 1 fully saturated rings. The minimum absolute atomic E-state index is 0.0840. The first-order chi connectivity index (χ1) is 22.1. The lowest BCUT2D eigenvalue weighted by molar-refractivity contribution is -0.0231. The highest BCUT2D eigenvalue weighted by Gasteiger charge is 2.38. The number of aromatic nitrogens is 5. The summed E-state index contributed by atoms with van der Waals surface area (Å²) >= 11 is 7.21. The molecule has 0 amide bonds. The number of nitrogens with zero attached hydrogens (tertiary/aromatic N) is 6. The molecule has 10 nitrogen and oxygen atoms in total. The van der Waals surface area contributed by atoms with E-state index in [2.05, 4.69) is 74.0 Å². The van der Waals surface area contributed by atoms with Gasteiger partial charge in [0.25, 0.3) is 0 Å². The van der Waals surface area contributed by atoms with E-state index in [9.17, 15) is 5.11 Å². The Labute approximate surface area is 286 Å². The molecule has 4 aromatic rings. The molecule has 0 saturated carbocycles. The van der Waals surface area contributed by atoms with Crippen LogP contribution in [0, 0.1) is 5.92 Å². The molecule has 0 radical (unpaired) electrons. The SMILES string of the molecule is CC(C)[C@@](C)(O)[C@@H]1CN(c2nc(-c3c(Cl)n(COCC[Si](C)(C)C)c4ncccc34)nc3c2ccn3COCC[Si](C)(C)C)CCN1. The summed E-state index contributed by atoms with van der Waals surface area (Å²) in [4.78, 5) is 17.4. The Balaban J connectivity index is 1.58. The van der Waals surface area contributed by atoms with Crippen LogP contribution in [0.5, 0.6) is 0 Å². The molecular formula is C34H54ClN7O3Si2. The lowest BCUT2D eigenvalue weighted by Gasteiger charge is -2.43. The molecule has 0 aromatic carbocycles. The number of fused-ring (bicyclic) bond motifs is 2. The van der Waals surface area contributed by atoms with Gasteiger partial charge in [0.2, 0.25) is 0 Å². The van der Waals surface area contributed by atoms with E-state index in [-0.39, 0.29) is 12.0 Å². The first kappa shape index (κ1) is 36.0. The zero-order valence-electron chi connectivity index (χ0n) is 29.7. The number of nitrogens with one attached hydrogen (secondary N) is 1. The third-order valence-corrected chi connectivity index (χ3v) is 13.2. The van der Waals surface area contributed by atoms with Crippen molar-refractivity contribution in [3.63, 3.8) is 0 Å². The Hall–Kier alpha value is -2.33. The number of halogens is 1. The standard InChI is InChI=1S/C34H54ClN7O3Si2/c1-24(2)34(3,43)27-21-40(16-14-36-27)32-26-12-15-41(22-44-17-19-46(4,5)6)33(26)39-30(38-32)28-25-11-10-13-37-31(25)42(29(28)35)23-45-18-20-47(7,8)9/h10-13,15,24,27,36,43H,14,16-23H2,1-9H3/t27-,34+/m0/s1. The zero-order valence-corrected chi connectivity index (χ0v) is 32.5. The van der Waals surface area contributed by atoms with Crippen molar-refractivity contribution in [2.24, 2.45) is 5.92 Å². The number of ether oxygens (including phenoxy) is 2. The van der Waals surface area contributed by atoms with E-state index in [1.807, 2.05) is 29.8 Å². The Morgan fingerprint density at radius 1 is 1.00 bits per heavy atom. The van der Waals surface area contributed by atoms with Crippen LogP contribution < -0.4 is 10.2 Å². The van der Waals surface area contributed by atoms with Crippen LogP contribution in [0.4, 0.5) is 5.82 Å². The number of aliphatic hydroxyl groups is 1. The maximum Gasteiger partial charge on any atom is 0.167 e. The van der Waals surface area contributed by atoms with Crippen LogP contribution in [-0.4, -0.2) is 89.8 Å². The summed E-state index contributed by atoms with van der Waals surface area (Å²) in [5.41, 5.74) is 1.38. The first-order valence-corrected chi connectivity index (χ1v) is 24.7. The molecule has 0 bridgehead atoms. The molecule has 0 aliphatic carbocycles. The van der Waals surface area contributed by atoms with E-state index >= 15 is 0 Å². The number of pyridine rings is 1. The number of anilines is 1. The third-order valence-electron chi connectivity index (χ3n) is 9.37. The summed E-state index contributed by atoms with van der Waals surface area (Å²) in [6.45, 7) is 24.3. The lowest BCUT2D eigenvalue weighted by atomic mass is 9.84. The molecule has 5 rings (SSSR count). The van der Waals surface area contributed by atoms with Gasteiger partial charge in [-0.25, -0.2) is 15.0 Å². The van der Waals surface area contributed by atoms with E-state index < -0.39 is 21.7 Å². The van der Waals surface area contributed by atoms with E-state index in [0.717, 1.165) is 58.6 Å². The molecular weight excluding hydrogens is 646 g/mol. The molecule has 1 saturated heterocycles. The minimum Gasteiger partial charge on any atom is -0.388 e. The summed E-state index contributed by atoms with van der Waals surface area (Å²) < 4.78 is 16.3. The second kappa shape index (κ2) is 14.3. The smallest absolute Gasteiger partial charge is 0.167 e. The van der Waals surface area contributed by atoms with Gasteiger partial charge in [-0.1, -0.05) is 64.7 Å². The summed E-state index contributed by atoms with van der Waals surface area (Å²) in [6.07, 6.45) is 3.81. The number of hydrogen-bond donors (Lipinski definition) is 2. The summed E-state index contributed by atoms with van der Waals surface area (Å²) in [5.74, 6) is 1.44. The van der Waals surface area contributed by atoms with Crippen molar-refractivity contribution in [3.8, 4) is 11.4 Å². The first-order valence-electron chi connectivity index (χ1n) is 16.9. The Kier molecular flexibility index (Phi) is 10.9. The van der Waals surface area contributed by atoms with Crippen LogP contribution in [0.1, 0.15) is 20.8 Å². The molecule has 13 heteroatoms. The average Bonchev–Trinajstić information content (AvgIpc) is 3.53. The zero-order chi connectivity index (χ0) is 34.1. The highest BCUT2D eigenvalue weighted by atomic mass is 35.5. The van der Waals surface area contributed by atoms with E-state index in [1.54, 1.807) is 6.20 Å². The normalized spacial score (nSPS) is 17.7. The molecule has 258 valence electrons.